The van der Waals surface area contributed by atoms with E-state index in [0.717, 1.165) is 23.4 Å². The molecule has 8 heteroatoms. The van der Waals surface area contributed by atoms with Crippen LogP contribution in [0.2, 0.25) is 10.0 Å². The van der Waals surface area contributed by atoms with Crippen LogP contribution in [0.3, 0.4) is 0 Å². The average Bonchev–Trinajstić information content (AvgIpc) is 3.41. The van der Waals surface area contributed by atoms with Gasteiger partial charge in [-0.15, -0.1) is 0 Å². The Labute approximate surface area is 226 Å². The first kappa shape index (κ1) is 25.2. The first-order chi connectivity index (χ1) is 17.9. The zero-order valence-electron chi connectivity index (χ0n) is 20.5. The van der Waals surface area contributed by atoms with Crippen LogP contribution < -0.4 is 20.2 Å². The van der Waals surface area contributed by atoms with Crippen molar-refractivity contribution >= 4 is 40.5 Å². The molecule has 1 aliphatic heterocycles. The van der Waals surface area contributed by atoms with Crippen LogP contribution in [0.1, 0.15) is 42.0 Å². The number of fused-ring (bicyclic) bond motifs is 3. The van der Waals surface area contributed by atoms with Crippen molar-refractivity contribution in [2.45, 2.75) is 25.3 Å². The van der Waals surface area contributed by atoms with Gasteiger partial charge < -0.3 is 14.8 Å². The number of halogens is 2. The highest BCUT2D eigenvalue weighted by molar-refractivity contribution is 6.35. The fourth-order valence-corrected chi connectivity index (χ4v) is 5.40. The largest absolute Gasteiger partial charge is 0.497 e. The van der Waals surface area contributed by atoms with Gasteiger partial charge in [-0.2, -0.15) is 5.10 Å². The molecule has 0 spiro atoms. The number of methoxy groups -OCH3 is 1. The maximum absolute atomic E-state index is 12.3. The number of hydrogen-bond acceptors (Lipinski definition) is 5. The standard InChI is InChI=1S/C29H27Cl2N3O3/c1-17(33-34-28(35)16-37-27-13-9-20(30)15-25(27)31)19-8-12-26-24(14-19)22-4-3-5-23(22)29(32-26)18-6-10-21(36-2)11-7-18/h3-4,6-15,22-23,29,32H,5,16H2,1-2H3,(H,34,35)/b33-17-/t22-,23+,29+/m1/s1. The maximum Gasteiger partial charge on any atom is 0.277 e. The third-order valence-electron chi connectivity index (χ3n) is 6.86. The van der Waals surface area contributed by atoms with Crippen LogP contribution in [0.25, 0.3) is 0 Å². The van der Waals surface area contributed by atoms with E-state index in [9.17, 15) is 4.79 Å². The van der Waals surface area contributed by atoms with Gasteiger partial charge in [-0.25, -0.2) is 5.43 Å². The predicted molar refractivity (Wildman–Crippen MR) is 148 cm³/mol. The molecule has 0 saturated carbocycles. The summed E-state index contributed by atoms with van der Waals surface area (Å²) in [5.74, 6) is 1.59. The summed E-state index contributed by atoms with van der Waals surface area (Å²) in [6, 6.07) is 19.6. The number of nitrogens with one attached hydrogen (secondary N) is 2. The van der Waals surface area contributed by atoms with E-state index in [4.69, 9.17) is 32.7 Å². The second kappa shape index (κ2) is 10.9. The monoisotopic (exact) mass is 535 g/mol. The second-order valence-electron chi connectivity index (χ2n) is 9.15. The molecular weight excluding hydrogens is 509 g/mol. The lowest BCUT2D eigenvalue weighted by molar-refractivity contribution is -0.123. The lowest BCUT2D eigenvalue weighted by Crippen LogP contribution is -2.29. The van der Waals surface area contributed by atoms with E-state index in [-0.39, 0.29) is 18.6 Å². The topological polar surface area (TPSA) is 72.0 Å². The molecule has 0 fully saturated rings. The Balaban J connectivity index is 1.28. The molecule has 5 rings (SSSR count). The van der Waals surface area contributed by atoms with Crippen molar-refractivity contribution in [2.75, 3.05) is 19.0 Å². The Morgan fingerprint density at radius 2 is 1.92 bits per heavy atom. The smallest absolute Gasteiger partial charge is 0.277 e. The third-order valence-corrected chi connectivity index (χ3v) is 7.39. The lowest BCUT2D eigenvalue weighted by atomic mass is 9.76. The molecule has 6 nitrogen and oxygen atoms in total. The van der Waals surface area contributed by atoms with Crippen LogP contribution >= 0.6 is 23.2 Å². The Morgan fingerprint density at radius 3 is 2.68 bits per heavy atom. The van der Waals surface area contributed by atoms with E-state index >= 15 is 0 Å². The van der Waals surface area contributed by atoms with Gasteiger partial charge in [-0.05, 0) is 78.4 Å². The number of carbonyl (C=O) groups is 1. The van der Waals surface area contributed by atoms with E-state index in [1.807, 2.05) is 25.1 Å². The number of nitrogens with zero attached hydrogens (tertiary/aromatic N) is 1. The molecular formula is C29H27Cl2N3O3. The number of anilines is 1. The van der Waals surface area contributed by atoms with Gasteiger partial charge in [0.15, 0.2) is 6.61 Å². The number of rotatable bonds is 7. The average molecular weight is 536 g/mol. The summed E-state index contributed by atoms with van der Waals surface area (Å²) in [5, 5.41) is 8.88. The zero-order valence-corrected chi connectivity index (χ0v) is 22.0. The molecule has 0 aromatic heterocycles. The molecule has 2 aliphatic rings. The van der Waals surface area contributed by atoms with Crippen LogP contribution in [0, 0.1) is 5.92 Å². The quantitative estimate of drug-likeness (QED) is 0.199. The Kier molecular flexibility index (Phi) is 7.40. The molecule has 0 saturated heterocycles. The predicted octanol–water partition coefficient (Wildman–Crippen LogP) is 6.75. The van der Waals surface area contributed by atoms with Crippen LogP contribution in [0.15, 0.2) is 77.9 Å². The fraction of sp³-hybridized carbons (Fsp3) is 0.241. The number of benzene rings is 3. The molecule has 1 aliphatic carbocycles. The van der Waals surface area contributed by atoms with Crippen molar-refractivity contribution < 1.29 is 14.3 Å². The molecule has 1 heterocycles. The van der Waals surface area contributed by atoms with Crippen molar-refractivity contribution in [3.05, 3.63) is 99.6 Å². The van der Waals surface area contributed by atoms with E-state index in [1.54, 1.807) is 25.3 Å². The van der Waals surface area contributed by atoms with Crippen LogP contribution in [0.4, 0.5) is 5.69 Å². The van der Waals surface area contributed by atoms with Crippen LogP contribution in [-0.4, -0.2) is 25.3 Å². The summed E-state index contributed by atoms with van der Waals surface area (Å²) in [6.45, 7) is 1.66. The lowest BCUT2D eigenvalue weighted by Gasteiger charge is -2.37. The summed E-state index contributed by atoms with van der Waals surface area (Å²) in [6.07, 6.45) is 5.58. The summed E-state index contributed by atoms with van der Waals surface area (Å²) >= 11 is 12.0. The zero-order chi connectivity index (χ0) is 25.9. The van der Waals surface area contributed by atoms with Crippen LogP contribution in [0.5, 0.6) is 11.5 Å². The molecule has 190 valence electrons. The van der Waals surface area contributed by atoms with E-state index in [2.05, 4.69) is 52.3 Å². The number of allylic oxidation sites excluding steroid dienone is 2. The molecule has 2 N–H and O–H groups in total. The highest BCUT2D eigenvalue weighted by Crippen LogP contribution is 2.50. The summed E-state index contributed by atoms with van der Waals surface area (Å²) in [5.41, 5.74) is 7.81. The summed E-state index contributed by atoms with van der Waals surface area (Å²) < 4.78 is 10.8. The second-order valence-corrected chi connectivity index (χ2v) is 9.99. The number of hydrogen-bond donors (Lipinski definition) is 2. The van der Waals surface area contributed by atoms with Gasteiger partial charge in [0.1, 0.15) is 11.5 Å². The molecule has 3 aromatic carbocycles. The number of hydrazone groups is 1. The van der Waals surface area contributed by atoms with Crippen molar-refractivity contribution in [3.8, 4) is 11.5 Å². The third kappa shape index (κ3) is 5.45. The van der Waals surface area contributed by atoms with Gasteiger partial charge in [0.2, 0.25) is 0 Å². The van der Waals surface area contributed by atoms with E-state index in [0.29, 0.717) is 33.3 Å². The van der Waals surface area contributed by atoms with Crippen molar-refractivity contribution in [3.63, 3.8) is 0 Å². The number of carbonyl (C=O) groups excluding carboxylic acids is 1. The van der Waals surface area contributed by atoms with Gasteiger partial charge in [0, 0.05) is 16.6 Å². The summed E-state index contributed by atoms with van der Waals surface area (Å²) in [4.78, 5) is 12.3. The van der Waals surface area contributed by atoms with Crippen LogP contribution in [-0.2, 0) is 4.79 Å². The van der Waals surface area contributed by atoms with Gasteiger partial charge in [-0.3, -0.25) is 4.79 Å². The molecule has 0 radical (unpaired) electrons. The first-order valence-electron chi connectivity index (χ1n) is 12.1. The highest BCUT2D eigenvalue weighted by Gasteiger charge is 2.38. The van der Waals surface area contributed by atoms with Crippen molar-refractivity contribution in [1.82, 2.24) is 5.43 Å². The molecule has 3 aromatic rings. The van der Waals surface area contributed by atoms with Gasteiger partial charge in [-0.1, -0.05) is 53.6 Å². The summed E-state index contributed by atoms with van der Waals surface area (Å²) in [7, 11) is 1.68. The van der Waals surface area contributed by atoms with E-state index < -0.39 is 0 Å². The Hall–Kier alpha value is -3.48. The molecule has 0 unspecified atom stereocenters. The Morgan fingerprint density at radius 1 is 1.11 bits per heavy atom. The molecule has 37 heavy (non-hydrogen) atoms. The SMILES string of the molecule is COc1ccc([C@@H]2Nc3ccc(/C(C)=N\NC(=O)COc4ccc(Cl)cc4Cl)cc3[C@@H]3C=CC[C@@H]32)cc1. The minimum atomic E-state index is -0.383. The molecule has 3 atom stereocenters. The minimum Gasteiger partial charge on any atom is -0.497 e. The van der Waals surface area contributed by atoms with Gasteiger partial charge in [0.25, 0.3) is 5.91 Å². The van der Waals surface area contributed by atoms with Gasteiger partial charge in [0.05, 0.1) is 23.9 Å². The Bertz CT molecular complexity index is 1370. The first-order valence-corrected chi connectivity index (χ1v) is 12.8. The van der Waals surface area contributed by atoms with Gasteiger partial charge >= 0.3 is 0 Å². The molecule has 1 amide bonds. The normalized spacial score (nSPS) is 20.0. The molecule has 0 bridgehead atoms. The minimum absolute atomic E-state index is 0.215. The fourth-order valence-electron chi connectivity index (χ4n) is 4.94. The number of amides is 1. The number of ether oxygens (including phenoxy) is 2. The van der Waals surface area contributed by atoms with E-state index in [1.165, 1.54) is 11.1 Å². The van der Waals surface area contributed by atoms with Crippen molar-refractivity contribution in [2.24, 2.45) is 11.0 Å². The maximum atomic E-state index is 12.3. The van der Waals surface area contributed by atoms with Crippen molar-refractivity contribution in [1.29, 1.82) is 0 Å². The highest BCUT2D eigenvalue weighted by atomic mass is 35.5.